The Hall–Kier alpha value is -1.05. The van der Waals surface area contributed by atoms with Gasteiger partial charge in [-0.05, 0) is 12.5 Å². The molecule has 5 nitrogen and oxygen atoms in total. The van der Waals surface area contributed by atoms with Crippen LogP contribution in [0.2, 0.25) is 0 Å². The number of carbonyl (C=O) groups is 1. The third kappa shape index (κ3) is 5.68. The molecular formula is C14H21NO4S2. The van der Waals surface area contributed by atoms with Gasteiger partial charge in [-0.15, -0.1) is 0 Å². The molecule has 1 atom stereocenters. The highest BCUT2D eigenvalue weighted by Gasteiger charge is 2.37. The zero-order chi connectivity index (χ0) is 15.9. The van der Waals surface area contributed by atoms with E-state index in [-0.39, 0.29) is 18.1 Å². The van der Waals surface area contributed by atoms with Crippen molar-refractivity contribution in [2.24, 2.45) is 5.73 Å². The van der Waals surface area contributed by atoms with Crippen molar-refractivity contribution < 1.29 is 17.9 Å². The quantitative estimate of drug-likeness (QED) is 0.569. The number of sulfone groups is 1. The van der Waals surface area contributed by atoms with E-state index in [4.69, 9.17) is 10.5 Å². The van der Waals surface area contributed by atoms with Crippen LogP contribution in [0.1, 0.15) is 12.5 Å². The number of hydrogen-bond acceptors (Lipinski definition) is 6. The Labute approximate surface area is 130 Å². The van der Waals surface area contributed by atoms with Crippen molar-refractivity contribution in [3.63, 3.8) is 0 Å². The summed E-state index contributed by atoms with van der Waals surface area (Å²) in [4.78, 5) is 12.2. The largest absolute Gasteiger partial charge is 0.464 e. The fourth-order valence-corrected chi connectivity index (χ4v) is 4.13. The molecule has 2 N–H and O–H groups in total. The summed E-state index contributed by atoms with van der Waals surface area (Å²) in [6.07, 6.45) is 1.19. The number of thioether (sulfide) groups is 1. The van der Waals surface area contributed by atoms with Crippen LogP contribution in [-0.4, -0.2) is 44.5 Å². The van der Waals surface area contributed by atoms with E-state index in [0.29, 0.717) is 11.3 Å². The molecule has 0 radical (unpaired) electrons. The first kappa shape index (κ1) is 18.0. The number of hydrogen-bond donors (Lipinski definition) is 1. The third-order valence-corrected chi connectivity index (χ3v) is 5.21. The Kier molecular flexibility index (Phi) is 6.70. The van der Waals surface area contributed by atoms with E-state index in [1.165, 1.54) is 18.0 Å². The van der Waals surface area contributed by atoms with Gasteiger partial charge in [0.15, 0.2) is 0 Å². The molecule has 0 aliphatic heterocycles. The molecule has 0 heterocycles. The van der Waals surface area contributed by atoms with Gasteiger partial charge in [0.05, 0.1) is 12.4 Å². The van der Waals surface area contributed by atoms with Gasteiger partial charge in [-0.2, -0.15) is 11.8 Å². The third-order valence-electron chi connectivity index (χ3n) is 2.86. The number of benzene rings is 1. The highest BCUT2D eigenvalue weighted by molar-refractivity contribution is 8.00. The summed E-state index contributed by atoms with van der Waals surface area (Å²) >= 11 is 1.33. The second-order valence-electron chi connectivity index (χ2n) is 4.74. The minimum Gasteiger partial charge on any atom is -0.464 e. The highest BCUT2D eigenvalue weighted by Crippen LogP contribution is 2.25. The molecular weight excluding hydrogens is 310 g/mol. The first-order valence-corrected chi connectivity index (χ1v) is 9.78. The van der Waals surface area contributed by atoms with Crippen LogP contribution in [0.3, 0.4) is 0 Å². The minimum absolute atomic E-state index is 0.0609. The molecule has 1 aromatic carbocycles. The molecule has 0 aliphatic rings. The second kappa shape index (κ2) is 7.82. The lowest BCUT2D eigenvalue weighted by Crippen LogP contribution is -2.48. The lowest BCUT2D eigenvalue weighted by Gasteiger charge is -2.27. The Bertz CT molecular complexity index is 560. The molecule has 21 heavy (non-hydrogen) atoms. The normalized spacial score (nSPS) is 14.4. The van der Waals surface area contributed by atoms with Crippen molar-refractivity contribution >= 4 is 27.6 Å². The highest BCUT2D eigenvalue weighted by atomic mass is 32.2. The summed E-state index contributed by atoms with van der Waals surface area (Å²) in [5, 5.41) is 0. The summed E-state index contributed by atoms with van der Waals surface area (Å²) in [7, 11) is -3.01. The van der Waals surface area contributed by atoms with Gasteiger partial charge >= 0.3 is 5.97 Å². The maximum absolute atomic E-state index is 12.2. The molecule has 0 aliphatic carbocycles. The van der Waals surface area contributed by atoms with Crippen molar-refractivity contribution in [2.45, 2.75) is 12.5 Å². The van der Waals surface area contributed by atoms with Crippen LogP contribution in [0.4, 0.5) is 0 Å². The van der Waals surface area contributed by atoms with Gasteiger partial charge in [-0.3, -0.25) is 0 Å². The first-order chi connectivity index (χ1) is 9.79. The molecule has 7 heteroatoms. The molecule has 0 fully saturated rings. The van der Waals surface area contributed by atoms with Crippen LogP contribution in [0.15, 0.2) is 30.3 Å². The van der Waals surface area contributed by atoms with Crippen molar-refractivity contribution in [2.75, 3.05) is 30.1 Å². The SMILES string of the molecule is CCOC(=O)C(N)(CSCCS(C)(=O)=O)c1ccccc1. The molecule has 1 rings (SSSR count). The summed E-state index contributed by atoms with van der Waals surface area (Å²) in [5.41, 5.74) is 5.65. The van der Waals surface area contributed by atoms with Crippen molar-refractivity contribution in [3.05, 3.63) is 35.9 Å². The Morgan fingerprint density at radius 1 is 1.33 bits per heavy atom. The van der Waals surface area contributed by atoms with Crippen LogP contribution < -0.4 is 5.73 Å². The van der Waals surface area contributed by atoms with Crippen molar-refractivity contribution in [1.29, 1.82) is 0 Å². The van der Waals surface area contributed by atoms with Crippen molar-refractivity contribution in [1.82, 2.24) is 0 Å². The van der Waals surface area contributed by atoms with Gasteiger partial charge < -0.3 is 10.5 Å². The van der Waals surface area contributed by atoms with Crippen molar-refractivity contribution in [3.8, 4) is 0 Å². The lowest BCUT2D eigenvalue weighted by atomic mass is 9.93. The van der Waals surface area contributed by atoms with Crippen LogP contribution >= 0.6 is 11.8 Å². The predicted molar refractivity (Wildman–Crippen MR) is 86.0 cm³/mol. The monoisotopic (exact) mass is 331 g/mol. The molecule has 0 aromatic heterocycles. The van der Waals surface area contributed by atoms with Crippen LogP contribution in [0.5, 0.6) is 0 Å². The van der Waals surface area contributed by atoms with E-state index in [2.05, 4.69) is 0 Å². The molecule has 0 bridgehead atoms. The zero-order valence-corrected chi connectivity index (χ0v) is 13.9. The predicted octanol–water partition coefficient (Wildman–Crippen LogP) is 1.18. The first-order valence-electron chi connectivity index (χ1n) is 6.56. The van der Waals surface area contributed by atoms with E-state index in [1.54, 1.807) is 31.2 Å². The van der Waals surface area contributed by atoms with Gasteiger partial charge in [0.1, 0.15) is 15.4 Å². The molecule has 118 valence electrons. The van der Waals surface area contributed by atoms with Crippen LogP contribution in [0.25, 0.3) is 0 Å². The van der Waals surface area contributed by atoms with Gasteiger partial charge in [0.25, 0.3) is 0 Å². The van der Waals surface area contributed by atoms with Crippen LogP contribution in [-0.2, 0) is 24.9 Å². The summed E-state index contributed by atoms with van der Waals surface area (Å²) in [6.45, 7) is 1.97. The zero-order valence-electron chi connectivity index (χ0n) is 12.2. The Balaban J connectivity index is 2.81. The Morgan fingerprint density at radius 2 is 1.95 bits per heavy atom. The van der Waals surface area contributed by atoms with E-state index in [9.17, 15) is 13.2 Å². The smallest absolute Gasteiger partial charge is 0.331 e. The average molecular weight is 331 g/mol. The standard InChI is InChI=1S/C14H21NO4S2/c1-3-19-13(16)14(15,12-7-5-4-6-8-12)11-20-9-10-21(2,17)18/h4-8H,3,9-11,15H2,1-2H3. The maximum atomic E-state index is 12.2. The minimum atomic E-state index is -3.01. The van der Waals surface area contributed by atoms with E-state index in [0.717, 1.165) is 0 Å². The average Bonchev–Trinajstić information content (AvgIpc) is 2.43. The number of rotatable bonds is 8. The summed E-state index contributed by atoms with van der Waals surface area (Å²) in [6, 6.07) is 8.99. The fourth-order valence-electron chi connectivity index (χ4n) is 1.70. The number of esters is 1. The van der Waals surface area contributed by atoms with Gasteiger partial charge in [0.2, 0.25) is 0 Å². The lowest BCUT2D eigenvalue weighted by molar-refractivity contribution is -0.149. The topological polar surface area (TPSA) is 86.5 Å². The second-order valence-corrected chi connectivity index (χ2v) is 8.11. The van der Waals surface area contributed by atoms with Crippen LogP contribution in [0, 0.1) is 0 Å². The fraction of sp³-hybridized carbons (Fsp3) is 0.500. The maximum Gasteiger partial charge on any atom is 0.331 e. The summed E-state index contributed by atoms with van der Waals surface area (Å²) in [5.74, 6) is 0.226. The van der Waals surface area contributed by atoms with E-state index < -0.39 is 21.3 Å². The molecule has 1 unspecified atom stereocenters. The molecule has 0 saturated carbocycles. The number of nitrogens with two attached hydrogens (primary N) is 1. The number of ether oxygens (including phenoxy) is 1. The van der Waals surface area contributed by atoms with Gasteiger partial charge in [0, 0.05) is 17.8 Å². The number of carbonyl (C=O) groups excluding carboxylic acids is 1. The van der Waals surface area contributed by atoms with Gasteiger partial charge in [-0.1, -0.05) is 30.3 Å². The van der Waals surface area contributed by atoms with E-state index >= 15 is 0 Å². The molecule has 0 spiro atoms. The van der Waals surface area contributed by atoms with Gasteiger partial charge in [-0.25, -0.2) is 13.2 Å². The molecule has 0 amide bonds. The summed E-state index contributed by atoms with van der Waals surface area (Å²) < 4.78 is 27.3. The molecule has 0 saturated heterocycles. The molecule has 1 aromatic rings. The Morgan fingerprint density at radius 3 is 2.48 bits per heavy atom. The van der Waals surface area contributed by atoms with E-state index in [1.807, 2.05) is 6.07 Å².